The number of aromatic nitrogens is 2. The van der Waals surface area contributed by atoms with Gasteiger partial charge in [-0.1, -0.05) is 72.8 Å². The fraction of sp³-hybridized carbons (Fsp3) is 0.0714. The van der Waals surface area contributed by atoms with E-state index in [0.29, 0.717) is 0 Å². The third kappa shape index (κ3) is 2.66. The lowest BCUT2D eigenvalue weighted by atomic mass is 9.98. The van der Waals surface area contributed by atoms with Crippen LogP contribution in [0.25, 0.3) is 54.1 Å². The van der Waals surface area contributed by atoms with E-state index in [-0.39, 0.29) is 5.43 Å². The third-order valence-corrected chi connectivity index (χ3v) is 7.43. The summed E-state index contributed by atoms with van der Waals surface area (Å²) in [7, 11) is 2.05. The summed E-state index contributed by atoms with van der Waals surface area (Å²) >= 11 is 1.65. The maximum atomic E-state index is 13.8. The predicted molar refractivity (Wildman–Crippen MR) is 135 cm³/mol. The van der Waals surface area contributed by atoms with Gasteiger partial charge < -0.3 is 4.57 Å². The SMILES string of the molecule is Cc1c2sc3ccccc3nc-2c2c(-c3ccccc3)n(C)c(-c3ccccc3)c2c1=O. The van der Waals surface area contributed by atoms with Crippen molar-refractivity contribution < 1.29 is 0 Å². The van der Waals surface area contributed by atoms with Gasteiger partial charge in [0.1, 0.15) is 0 Å². The second-order valence-corrected chi connectivity index (χ2v) is 9.10. The fourth-order valence-corrected chi connectivity index (χ4v) is 5.76. The van der Waals surface area contributed by atoms with Gasteiger partial charge in [0.15, 0.2) is 5.43 Å². The summed E-state index contributed by atoms with van der Waals surface area (Å²) in [5.74, 6) is 0. The van der Waals surface area contributed by atoms with Crippen molar-refractivity contribution in [1.29, 1.82) is 0 Å². The van der Waals surface area contributed by atoms with Crippen LogP contribution in [0.15, 0.2) is 89.7 Å². The molecule has 2 heterocycles. The van der Waals surface area contributed by atoms with Crippen LogP contribution in [0.3, 0.4) is 0 Å². The Morgan fingerprint density at radius 3 is 1.97 bits per heavy atom. The lowest BCUT2D eigenvalue weighted by molar-refractivity contribution is 0.951. The summed E-state index contributed by atoms with van der Waals surface area (Å²) < 4.78 is 3.25. The van der Waals surface area contributed by atoms with Crippen molar-refractivity contribution >= 4 is 32.3 Å². The lowest BCUT2D eigenvalue weighted by Gasteiger charge is -2.12. The zero-order valence-electron chi connectivity index (χ0n) is 17.8. The molecule has 0 N–H and O–H groups in total. The summed E-state index contributed by atoms with van der Waals surface area (Å²) in [6.45, 7) is 1.93. The predicted octanol–water partition coefficient (Wildman–Crippen LogP) is 6.90. The van der Waals surface area contributed by atoms with Crippen molar-refractivity contribution in [2.24, 2.45) is 7.05 Å². The number of para-hydroxylation sites is 1. The molecule has 0 unspecified atom stereocenters. The highest BCUT2D eigenvalue weighted by atomic mass is 32.1. The molecule has 0 saturated heterocycles. The third-order valence-electron chi connectivity index (χ3n) is 6.16. The van der Waals surface area contributed by atoms with Gasteiger partial charge in [-0.05, 0) is 30.2 Å². The van der Waals surface area contributed by atoms with Gasteiger partial charge in [0.05, 0.1) is 37.6 Å². The molecule has 2 aliphatic rings. The van der Waals surface area contributed by atoms with Crippen LogP contribution in [0.4, 0.5) is 0 Å². The second-order valence-electron chi connectivity index (χ2n) is 8.05. The molecule has 6 rings (SSSR count). The topological polar surface area (TPSA) is 34.9 Å². The molecule has 0 fully saturated rings. The number of hydrogen-bond donors (Lipinski definition) is 0. The molecule has 0 saturated carbocycles. The molecule has 4 heteroatoms. The van der Waals surface area contributed by atoms with E-state index in [1.165, 1.54) is 0 Å². The largest absolute Gasteiger partial charge is 0.342 e. The Balaban J connectivity index is 1.90. The van der Waals surface area contributed by atoms with Crippen LogP contribution in [0.2, 0.25) is 0 Å². The Labute approximate surface area is 189 Å². The number of rotatable bonds is 2. The zero-order valence-corrected chi connectivity index (χ0v) is 18.6. The van der Waals surface area contributed by atoms with E-state index in [0.717, 1.165) is 59.6 Å². The van der Waals surface area contributed by atoms with Crippen LogP contribution in [0.5, 0.6) is 0 Å². The molecule has 1 aliphatic heterocycles. The molecule has 0 radical (unpaired) electrons. The van der Waals surface area contributed by atoms with Crippen molar-refractivity contribution in [3.8, 4) is 33.1 Å². The maximum Gasteiger partial charge on any atom is 0.193 e. The quantitative estimate of drug-likeness (QED) is 0.279. The summed E-state index contributed by atoms with van der Waals surface area (Å²) in [4.78, 5) is 19.9. The van der Waals surface area contributed by atoms with Gasteiger partial charge in [0.2, 0.25) is 0 Å². The standard InChI is InChI=1S/C28H20N2OS/c1-17-27(31)23-22(24-28(17)32-21-16-10-9-15-20(21)29-24)25(18-11-5-3-6-12-18)30(2)26(23)19-13-7-4-8-14-19/h3-16H,1-2H3. The molecule has 0 atom stereocenters. The minimum Gasteiger partial charge on any atom is -0.342 e. The van der Waals surface area contributed by atoms with Crippen LogP contribution >= 0.6 is 11.3 Å². The Kier molecular flexibility index (Phi) is 4.23. The fourth-order valence-electron chi connectivity index (χ4n) is 4.68. The van der Waals surface area contributed by atoms with Gasteiger partial charge in [-0.15, -0.1) is 11.3 Å². The van der Waals surface area contributed by atoms with Crippen molar-refractivity contribution in [3.05, 3.63) is 101 Å². The molecule has 0 bridgehead atoms. The van der Waals surface area contributed by atoms with Crippen LogP contribution < -0.4 is 5.43 Å². The first-order chi connectivity index (χ1) is 15.6. The molecule has 3 nitrogen and oxygen atoms in total. The molecule has 0 amide bonds. The molecule has 3 aromatic carbocycles. The first kappa shape index (κ1) is 19.0. The van der Waals surface area contributed by atoms with E-state index in [9.17, 15) is 4.79 Å². The smallest absolute Gasteiger partial charge is 0.193 e. The Hall–Kier alpha value is -3.76. The van der Waals surface area contributed by atoms with E-state index in [1.807, 2.05) is 61.5 Å². The molecule has 1 aliphatic carbocycles. The first-order valence-corrected chi connectivity index (χ1v) is 11.4. The molecular weight excluding hydrogens is 412 g/mol. The minimum atomic E-state index is 0.0810. The second kappa shape index (κ2) is 7.14. The monoisotopic (exact) mass is 432 g/mol. The summed E-state index contributed by atoms with van der Waals surface area (Å²) in [5.41, 5.74) is 6.77. The van der Waals surface area contributed by atoms with Gasteiger partial charge in [-0.25, -0.2) is 4.98 Å². The molecule has 154 valence electrons. The first-order valence-electron chi connectivity index (χ1n) is 10.6. The molecule has 32 heavy (non-hydrogen) atoms. The molecule has 4 aromatic rings. The Bertz CT molecular complexity index is 1650. The summed E-state index contributed by atoms with van der Waals surface area (Å²) in [5, 5.41) is 1.68. The van der Waals surface area contributed by atoms with Crippen molar-refractivity contribution in [2.45, 2.75) is 6.92 Å². The Morgan fingerprint density at radius 1 is 0.750 bits per heavy atom. The van der Waals surface area contributed by atoms with Crippen LogP contribution in [0, 0.1) is 6.92 Å². The highest BCUT2D eigenvalue weighted by Crippen LogP contribution is 2.45. The Morgan fingerprint density at radius 2 is 1.31 bits per heavy atom. The minimum absolute atomic E-state index is 0.0810. The van der Waals surface area contributed by atoms with E-state index in [4.69, 9.17) is 4.98 Å². The lowest BCUT2D eigenvalue weighted by Crippen LogP contribution is -2.09. The summed E-state index contributed by atoms with van der Waals surface area (Å²) in [6, 6.07) is 28.6. The van der Waals surface area contributed by atoms with Gasteiger partial charge >= 0.3 is 0 Å². The van der Waals surface area contributed by atoms with Gasteiger partial charge in [-0.3, -0.25) is 4.79 Å². The highest BCUT2D eigenvalue weighted by Gasteiger charge is 2.27. The van der Waals surface area contributed by atoms with Crippen LogP contribution in [-0.2, 0) is 7.05 Å². The van der Waals surface area contributed by atoms with Crippen LogP contribution in [-0.4, -0.2) is 9.55 Å². The number of hydrogen-bond acceptors (Lipinski definition) is 3. The van der Waals surface area contributed by atoms with E-state index >= 15 is 0 Å². The number of benzene rings is 4. The van der Waals surface area contributed by atoms with Crippen molar-refractivity contribution in [3.63, 3.8) is 0 Å². The van der Waals surface area contributed by atoms with E-state index < -0.39 is 0 Å². The van der Waals surface area contributed by atoms with Crippen molar-refractivity contribution in [2.75, 3.05) is 0 Å². The number of nitrogens with zero attached hydrogens (tertiary/aromatic N) is 2. The van der Waals surface area contributed by atoms with E-state index in [1.54, 1.807) is 11.3 Å². The van der Waals surface area contributed by atoms with Gasteiger partial charge in [0, 0.05) is 18.0 Å². The van der Waals surface area contributed by atoms with Gasteiger partial charge in [0.25, 0.3) is 0 Å². The van der Waals surface area contributed by atoms with Crippen molar-refractivity contribution in [1.82, 2.24) is 9.55 Å². The number of fused-ring (bicyclic) bond motifs is 4. The highest BCUT2D eigenvalue weighted by molar-refractivity contribution is 7.21. The zero-order chi connectivity index (χ0) is 21.8. The normalized spacial score (nSPS) is 11.6. The molecule has 0 spiro atoms. The maximum absolute atomic E-state index is 13.8. The van der Waals surface area contributed by atoms with Gasteiger partial charge in [-0.2, -0.15) is 0 Å². The molecular formula is C28H20N2OS. The van der Waals surface area contributed by atoms with Crippen LogP contribution in [0.1, 0.15) is 5.56 Å². The summed E-state index contributed by atoms with van der Waals surface area (Å²) in [6.07, 6.45) is 0. The molecule has 1 aromatic heterocycles. The average Bonchev–Trinajstić information content (AvgIpc) is 3.15. The van der Waals surface area contributed by atoms with E-state index in [2.05, 4.69) is 41.9 Å². The average molecular weight is 433 g/mol.